The van der Waals surface area contributed by atoms with Crippen molar-refractivity contribution in [2.75, 3.05) is 18.1 Å². The first-order valence-corrected chi connectivity index (χ1v) is 35.7. The van der Waals surface area contributed by atoms with Crippen LogP contribution in [0.3, 0.4) is 0 Å². The molecule has 510 valence electrons. The summed E-state index contributed by atoms with van der Waals surface area (Å²) < 4.78 is 11.6. The lowest BCUT2D eigenvalue weighted by atomic mass is 10.0. The third-order valence-corrected chi connectivity index (χ3v) is 17.0. The predicted octanol–water partition coefficient (Wildman–Crippen LogP) is 12.3. The molecular weight excluding hydrogens is 1140 g/mol. The minimum atomic E-state index is -1.68. The first-order valence-electron chi connectivity index (χ1n) is 34.6. The van der Waals surface area contributed by atoms with E-state index in [9.17, 15) is 53.1 Å². The third-order valence-electron chi connectivity index (χ3n) is 15.8. The van der Waals surface area contributed by atoms with Crippen molar-refractivity contribution in [2.45, 2.75) is 346 Å². The molecule has 0 rings (SSSR count). The summed E-state index contributed by atoms with van der Waals surface area (Å²) in [5, 5.41) is 28.8. The smallest absolute Gasteiger partial charge is 0.326 e. The molecule has 1 unspecified atom stereocenters. The molecule has 0 radical (unpaired) electrons. The Kier molecular flexibility index (Phi) is 55.1. The maximum absolute atomic E-state index is 14.4. The summed E-state index contributed by atoms with van der Waals surface area (Å²) in [6.45, 7) is 6.43. The molecular formula is C67H122N6O14S. The van der Waals surface area contributed by atoms with Crippen LogP contribution < -0.4 is 32.7 Å². The SMILES string of the molecule is CCCCCCCCCCCCCCCC(=O)OC[C@H](CSCC(NC(=O)CCCCCCCCCCCCC)C(=O)N[C@H](CCC(N)=O)C(=O)N[C@@H](CCC(N)=O)C(=O)N[C@H](CCC(=O)O)C(=O)O)OC(=O)CCCCCCCCCCCCCCC. The molecule has 0 aliphatic heterocycles. The molecule has 0 aromatic carbocycles. The number of hydrogen-bond acceptors (Lipinski definition) is 13. The average Bonchev–Trinajstić information content (AvgIpc) is 3.69. The van der Waals surface area contributed by atoms with Crippen molar-refractivity contribution in [1.29, 1.82) is 0 Å². The number of thioether (sulfide) groups is 1. The second kappa shape index (κ2) is 58.4. The van der Waals surface area contributed by atoms with E-state index in [0.29, 0.717) is 19.3 Å². The van der Waals surface area contributed by atoms with Crippen molar-refractivity contribution in [3.8, 4) is 0 Å². The van der Waals surface area contributed by atoms with Crippen molar-refractivity contribution in [1.82, 2.24) is 21.3 Å². The molecule has 0 aliphatic rings. The number of ether oxygens (including phenoxy) is 2. The number of hydrogen-bond donors (Lipinski definition) is 8. The fraction of sp³-hybridized carbons (Fsp3) is 0.851. The van der Waals surface area contributed by atoms with E-state index in [1.165, 1.54) is 148 Å². The Bertz CT molecular complexity index is 1900. The van der Waals surface area contributed by atoms with Gasteiger partial charge >= 0.3 is 23.9 Å². The van der Waals surface area contributed by atoms with Gasteiger partial charge in [0.05, 0.1) is 0 Å². The Morgan fingerprint density at radius 3 is 1.03 bits per heavy atom. The largest absolute Gasteiger partial charge is 0.481 e. The molecule has 0 saturated carbocycles. The molecule has 5 atom stereocenters. The molecule has 88 heavy (non-hydrogen) atoms. The zero-order valence-corrected chi connectivity index (χ0v) is 55.7. The minimum Gasteiger partial charge on any atom is -0.481 e. The summed E-state index contributed by atoms with van der Waals surface area (Å²) in [5.41, 5.74) is 10.8. The lowest BCUT2D eigenvalue weighted by Crippen LogP contribution is -2.58. The number of carboxylic acids is 2. The molecule has 0 saturated heterocycles. The van der Waals surface area contributed by atoms with Gasteiger partial charge in [0.15, 0.2) is 0 Å². The molecule has 0 aromatic rings. The van der Waals surface area contributed by atoms with Gasteiger partial charge in [0.1, 0.15) is 36.9 Å². The average molecular weight is 1270 g/mol. The van der Waals surface area contributed by atoms with Crippen LogP contribution in [-0.4, -0.2) is 118 Å². The lowest BCUT2D eigenvalue weighted by Gasteiger charge is -2.26. The van der Waals surface area contributed by atoms with E-state index in [-0.39, 0.29) is 43.8 Å². The monoisotopic (exact) mass is 1270 g/mol. The van der Waals surface area contributed by atoms with Crippen LogP contribution in [0.1, 0.15) is 316 Å². The first kappa shape index (κ1) is 83.1. The minimum absolute atomic E-state index is 0.0701. The van der Waals surface area contributed by atoms with E-state index in [2.05, 4.69) is 42.0 Å². The number of nitrogens with one attached hydrogen (secondary N) is 4. The molecule has 0 spiro atoms. The summed E-state index contributed by atoms with van der Waals surface area (Å²) in [6.07, 6.45) is 38.7. The van der Waals surface area contributed by atoms with Gasteiger partial charge in [0.25, 0.3) is 0 Å². The van der Waals surface area contributed by atoms with Crippen molar-refractivity contribution in [3.63, 3.8) is 0 Å². The highest BCUT2D eigenvalue weighted by Crippen LogP contribution is 2.19. The van der Waals surface area contributed by atoms with Crippen LogP contribution in [0.2, 0.25) is 0 Å². The quantitative estimate of drug-likeness (QED) is 0.0207. The summed E-state index contributed by atoms with van der Waals surface area (Å²) >= 11 is 1.16. The maximum Gasteiger partial charge on any atom is 0.326 e. The second-order valence-electron chi connectivity index (χ2n) is 24.2. The van der Waals surface area contributed by atoms with Crippen LogP contribution >= 0.6 is 11.8 Å². The highest BCUT2D eigenvalue weighted by atomic mass is 32.2. The normalized spacial score (nSPS) is 12.9. The Balaban J connectivity index is 6.28. The van der Waals surface area contributed by atoms with E-state index in [0.717, 1.165) is 82.4 Å². The fourth-order valence-electron chi connectivity index (χ4n) is 10.4. The molecule has 10 N–H and O–H groups in total. The number of primary amides is 2. The van der Waals surface area contributed by atoms with Crippen molar-refractivity contribution in [2.24, 2.45) is 11.5 Å². The number of carboxylic acid groups (broad SMARTS) is 2. The van der Waals surface area contributed by atoms with Gasteiger partial charge in [-0.15, -0.1) is 0 Å². The Morgan fingerprint density at radius 2 is 0.682 bits per heavy atom. The van der Waals surface area contributed by atoms with Crippen LogP contribution in [0.5, 0.6) is 0 Å². The summed E-state index contributed by atoms with van der Waals surface area (Å²) in [5.74, 6) is -8.82. The summed E-state index contributed by atoms with van der Waals surface area (Å²) in [7, 11) is 0. The van der Waals surface area contributed by atoms with Gasteiger partial charge in [-0.3, -0.25) is 43.2 Å². The molecule has 0 bridgehead atoms. The van der Waals surface area contributed by atoms with Gasteiger partial charge in [0.2, 0.25) is 35.4 Å². The number of carbonyl (C=O) groups is 10. The summed E-state index contributed by atoms with van der Waals surface area (Å²) in [4.78, 5) is 129. The molecule has 0 heterocycles. The van der Waals surface area contributed by atoms with Crippen LogP contribution in [-0.2, 0) is 57.4 Å². The predicted molar refractivity (Wildman–Crippen MR) is 349 cm³/mol. The zero-order chi connectivity index (χ0) is 65.3. The van der Waals surface area contributed by atoms with Crippen molar-refractivity contribution < 1.29 is 67.6 Å². The van der Waals surface area contributed by atoms with Gasteiger partial charge in [-0.25, -0.2) is 4.79 Å². The van der Waals surface area contributed by atoms with Crippen LogP contribution in [0, 0.1) is 0 Å². The first-order chi connectivity index (χ1) is 42.4. The number of carbonyl (C=O) groups excluding carboxylic acids is 8. The maximum atomic E-state index is 14.4. The lowest BCUT2D eigenvalue weighted by molar-refractivity contribution is -0.157. The highest BCUT2D eigenvalue weighted by molar-refractivity contribution is 7.99. The number of aliphatic carboxylic acids is 2. The Hall–Kier alpha value is -4.95. The van der Waals surface area contributed by atoms with Gasteiger partial charge in [-0.2, -0.15) is 11.8 Å². The standard InChI is InChI=1S/C67H122N6O14S/c1-4-7-10-13-16-19-22-24-27-30-33-36-39-42-62(79)86-50-53(87-63(80)43-40-37-34-31-28-25-23-20-17-14-11-8-5-2)51-88-52-57(70-60(76)41-38-35-32-29-26-21-18-15-12-9-6-3)66(83)72-54(44-47-58(68)74)64(81)71-55(45-48-59(69)75)65(82)73-56(67(84)85)46-49-61(77)78/h53-57H,4-52H2,1-3H3,(H2,68,74)(H2,69,75)(H,70,76)(H,71,81)(H,72,83)(H,73,82)(H,77,78)(H,84,85)/t53-,54-,55+,56-,57?/m1/s1. The van der Waals surface area contributed by atoms with Crippen molar-refractivity contribution in [3.05, 3.63) is 0 Å². The molecule has 21 heteroatoms. The van der Waals surface area contributed by atoms with E-state index >= 15 is 0 Å². The van der Waals surface area contributed by atoms with E-state index in [4.69, 9.17) is 26.0 Å². The van der Waals surface area contributed by atoms with Crippen molar-refractivity contribution >= 4 is 71.1 Å². The number of unbranched alkanes of at least 4 members (excludes halogenated alkanes) is 34. The molecule has 0 fully saturated rings. The third kappa shape index (κ3) is 51.9. The second-order valence-corrected chi connectivity index (χ2v) is 25.3. The number of nitrogens with two attached hydrogens (primary N) is 2. The van der Waals surface area contributed by atoms with Crippen LogP contribution in [0.25, 0.3) is 0 Å². The number of esters is 2. The summed E-state index contributed by atoms with van der Waals surface area (Å²) in [6, 6.07) is -6.14. The van der Waals surface area contributed by atoms with Gasteiger partial charge in [0, 0.05) is 50.0 Å². The number of amides is 6. The molecule has 20 nitrogen and oxygen atoms in total. The Labute approximate surface area is 533 Å². The van der Waals surface area contributed by atoms with Crippen LogP contribution in [0.4, 0.5) is 0 Å². The van der Waals surface area contributed by atoms with E-state index in [1.807, 2.05) is 0 Å². The fourth-order valence-corrected chi connectivity index (χ4v) is 11.4. The highest BCUT2D eigenvalue weighted by Gasteiger charge is 2.32. The molecule has 0 aliphatic carbocycles. The van der Waals surface area contributed by atoms with E-state index < -0.39 is 122 Å². The molecule has 6 amide bonds. The van der Waals surface area contributed by atoms with E-state index in [1.54, 1.807) is 0 Å². The number of rotatable bonds is 64. The Morgan fingerprint density at radius 1 is 0.364 bits per heavy atom. The van der Waals surface area contributed by atoms with Gasteiger partial charge in [-0.05, 0) is 38.5 Å². The van der Waals surface area contributed by atoms with Gasteiger partial charge < -0.3 is 52.4 Å². The molecule has 0 aromatic heterocycles. The van der Waals surface area contributed by atoms with Gasteiger partial charge in [-0.1, -0.05) is 239 Å². The zero-order valence-electron chi connectivity index (χ0n) is 54.9. The topological polar surface area (TPSA) is 330 Å². The van der Waals surface area contributed by atoms with Crippen LogP contribution in [0.15, 0.2) is 0 Å².